The van der Waals surface area contributed by atoms with E-state index in [1.54, 1.807) is 0 Å². The fourth-order valence-corrected chi connectivity index (χ4v) is 2.43. The highest BCUT2D eigenvalue weighted by Gasteiger charge is 2.62. The minimum Gasteiger partial charge on any atom is -0.297 e. The Balaban J connectivity index is 2.13. The zero-order valence-corrected chi connectivity index (χ0v) is 8.34. The standard InChI is InChI=1S/C11H10F3NO/c12-5-11(6-4-9(6)16-15-11)10-7(13)2-1-3-8(10)14/h1-3,6,9,15H,4-5H2/t6-,9?,11-/m0/s1. The van der Waals surface area contributed by atoms with E-state index in [2.05, 4.69) is 5.48 Å². The third-order valence-electron chi connectivity index (χ3n) is 3.38. The first-order chi connectivity index (χ1) is 7.69. The molecule has 0 amide bonds. The first kappa shape index (κ1) is 10.1. The van der Waals surface area contributed by atoms with Crippen molar-refractivity contribution in [1.82, 2.24) is 5.48 Å². The molecule has 0 spiro atoms. The van der Waals surface area contributed by atoms with Gasteiger partial charge in [-0.15, -0.1) is 0 Å². The summed E-state index contributed by atoms with van der Waals surface area (Å²) in [6, 6.07) is 3.53. The molecule has 2 nitrogen and oxygen atoms in total. The van der Waals surface area contributed by atoms with Gasteiger partial charge in [0.15, 0.2) is 0 Å². The highest BCUT2D eigenvalue weighted by Crippen LogP contribution is 2.53. The van der Waals surface area contributed by atoms with Gasteiger partial charge in [-0.3, -0.25) is 4.84 Å². The summed E-state index contributed by atoms with van der Waals surface area (Å²) < 4.78 is 40.4. The number of alkyl halides is 1. The highest BCUT2D eigenvalue weighted by atomic mass is 19.1. The van der Waals surface area contributed by atoms with Gasteiger partial charge in [0.25, 0.3) is 0 Å². The van der Waals surface area contributed by atoms with E-state index in [9.17, 15) is 13.2 Å². The minimum atomic E-state index is -1.35. The fraction of sp³-hybridized carbons (Fsp3) is 0.455. The van der Waals surface area contributed by atoms with Gasteiger partial charge in [0, 0.05) is 11.5 Å². The van der Waals surface area contributed by atoms with Crippen LogP contribution in [-0.2, 0) is 10.4 Å². The maximum atomic E-state index is 13.6. The molecule has 1 saturated heterocycles. The lowest BCUT2D eigenvalue weighted by Crippen LogP contribution is -2.43. The maximum absolute atomic E-state index is 13.6. The van der Waals surface area contributed by atoms with Crippen LogP contribution in [-0.4, -0.2) is 12.8 Å². The lowest BCUT2D eigenvalue weighted by atomic mass is 9.86. The van der Waals surface area contributed by atoms with Crippen molar-refractivity contribution < 1.29 is 18.0 Å². The van der Waals surface area contributed by atoms with Crippen molar-refractivity contribution >= 4 is 0 Å². The quantitative estimate of drug-likeness (QED) is 0.838. The average Bonchev–Trinajstić information content (AvgIpc) is 2.96. The van der Waals surface area contributed by atoms with Crippen molar-refractivity contribution in [2.75, 3.05) is 6.67 Å². The van der Waals surface area contributed by atoms with E-state index in [1.165, 1.54) is 6.07 Å². The number of hydrogen-bond acceptors (Lipinski definition) is 2. The van der Waals surface area contributed by atoms with Crippen molar-refractivity contribution in [3.05, 3.63) is 35.4 Å². The van der Waals surface area contributed by atoms with Crippen molar-refractivity contribution in [3.8, 4) is 0 Å². The van der Waals surface area contributed by atoms with Gasteiger partial charge in [0.1, 0.15) is 23.8 Å². The van der Waals surface area contributed by atoms with Crippen LogP contribution in [0.4, 0.5) is 13.2 Å². The molecule has 3 rings (SSSR count). The molecule has 1 saturated carbocycles. The number of hydroxylamine groups is 1. The van der Waals surface area contributed by atoms with Crippen LogP contribution in [0.5, 0.6) is 0 Å². The fourth-order valence-electron chi connectivity index (χ4n) is 2.43. The molecule has 2 aliphatic rings. The molecule has 1 aliphatic carbocycles. The lowest BCUT2D eigenvalue weighted by molar-refractivity contribution is 0.00598. The summed E-state index contributed by atoms with van der Waals surface area (Å²) >= 11 is 0. The largest absolute Gasteiger partial charge is 0.297 e. The van der Waals surface area contributed by atoms with Crippen LogP contribution in [0.1, 0.15) is 12.0 Å². The van der Waals surface area contributed by atoms with E-state index >= 15 is 0 Å². The molecule has 16 heavy (non-hydrogen) atoms. The molecule has 0 bridgehead atoms. The molecule has 1 aromatic rings. The zero-order chi connectivity index (χ0) is 11.3. The Morgan fingerprint density at radius 1 is 1.38 bits per heavy atom. The molecule has 1 aromatic carbocycles. The van der Waals surface area contributed by atoms with Crippen LogP contribution in [0, 0.1) is 17.6 Å². The van der Waals surface area contributed by atoms with Gasteiger partial charge >= 0.3 is 0 Å². The topological polar surface area (TPSA) is 21.3 Å². The van der Waals surface area contributed by atoms with Crippen molar-refractivity contribution in [2.24, 2.45) is 5.92 Å². The van der Waals surface area contributed by atoms with Gasteiger partial charge in [0.2, 0.25) is 0 Å². The van der Waals surface area contributed by atoms with Crippen molar-refractivity contribution in [2.45, 2.75) is 18.1 Å². The Morgan fingerprint density at radius 2 is 2.06 bits per heavy atom. The van der Waals surface area contributed by atoms with Crippen LogP contribution in [0.3, 0.4) is 0 Å². The van der Waals surface area contributed by atoms with Crippen molar-refractivity contribution in [1.29, 1.82) is 0 Å². The van der Waals surface area contributed by atoms with Crippen molar-refractivity contribution in [3.63, 3.8) is 0 Å². The smallest absolute Gasteiger partial charge is 0.131 e. The van der Waals surface area contributed by atoms with Crippen LogP contribution < -0.4 is 5.48 Å². The third kappa shape index (κ3) is 1.15. The number of benzene rings is 1. The predicted molar refractivity (Wildman–Crippen MR) is 50.1 cm³/mol. The summed E-state index contributed by atoms with van der Waals surface area (Å²) in [5.74, 6) is -1.65. The predicted octanol–water partition coefficient (Wildman–Crippen LogP) is 2.05. The first-order valence-electron chi connectivity index (χ1n) is 5.12. The van der Waals surface area contributed by atoms with Crippen LogP contribution in [0.15, 0.2) is 18.2 Å². The maximum Gasteiger partial charge on any atom is 0.131 e. The average molecular weight is 229 g/mol. The second kappa shape index (κ2) is 3.21. The molecular weight excluding hydrogens is 219 g/mol. The number of rotatable bonds is 2. The van der Waals surface area contributed by atoms with E-state index in [0.717, 1.165) is 12.1 Å². The second-order valence-corrected chi connectivity index (χ2v) is 4.30. The number of nitrogens with one attached hydrogen (secondary N) is 1. The molecule has 5 heteroatoms. The summed E-state index contributed by atoms with van der Waals surface area (Å²) in [6.45, 7) is -0.883. The highest BCUT2D eigenvalue weighted by molar-refractivity contribution is 5.33. The number of fused-ring (bicyclic) bond motifs is 1. The van der Waals surface area contributed by atoms with Gasteiger partial charge in [-0.2, -0.15) is 5.48 Å². The second-order valence-electron chi connectivity index (χ2n) is 4.30. The molecule has 0 aromatic heterocycles. The Hall–Kier alpha value is -1.07. The molecule has 86 valence electrons. The normalized spacial score (nSPS) is 36.2. The van der Waals surface area contributed by atoms with Crippen LogP contribution >= 0.6 is 0 Å². The zero-order valence-electron chi connectivity index (χ0n) is 8.34. The lowest BCUT2D eigenvalue weighted by Gasteiger charge is -2.28. The molecule has 0 radical (unpaired) electrons. The molecular formula is C11H10F3NO. The summed E-state index contributed by atoms with van der Waals surface area (Å²) in [7, 11) is 0. The Bertz CT molecular complexity index is 419. The monoisotopic (exact) mass is 229 g/mol. The van der Waals surface area contributed by atoms with Gasteiger partial charge in [-0.25, -0.2) is 13.2 Å². The first-order valence-corrected chi connectivity index (χ1v) is 5.12. The van der Waals surface area contributed by atoms with Gasteiger partial charge in [-0.1, -0.05) is 6.07 Å². The SMILES string of the molecule is FC[C@]1(c2c(F)cccc2F)NOC2C[C@@H]21. The van der Waals surface area contributed by atoms with Crippen LogP contribution in [0.2, 0.25) is 0 Å². The number of hydrogen-bond donors (Lipinski definition) is 1. The summed E-state index contributed by atoms with van der Waals surface area (Å²) in [6.07, 6.45) is 0.528. The molecule has 1 unspecified atom stereocenters. The summed E-state index contributed by atoms with van der Waals surface area (Å²) in [4.78, 5) is 5.07. The van der Waals surface area contributed by atoms with E-state index in [0.29, 0.717) is 6.42 Å². The Kier molecular flexibility index (Phi) is 2.03. The Morgan fingerprint density at radius 3 is 2.50 bits per heavy atom. The van der Waals surface area contributed by atoms with E-state index in [4.69, 9.17) is 4.84 Å². The summed E-state index contributed by atoms with van der Waals surface area (Å²) in [5.41, 5.74) is 0.867. The van der Waals surface area contributed by atoms with E-state index in [1.807, 2.05) is 0 Å². The van der Waals surface area contributed by atoms with E-state index < -0.39 is 23.8 Å². The number of halogens is 3. The Labute approximate surface area is 90.4 Å². The molecule has 1 aliphatic heterocycles. The molecule has 1 N–H and O–H groups in total. The molecule has 2 fully saturated rings. The summed E-state index contributed by atoms with van der Waals surface area (Å²) in [5, 5.41) is 0. The van der Waals surface area contributed by atoms with Gasteiger partial charge in [0.05, 0.1) is 6.10 Å². The third-order valence-corrected chi connectivity index (χ3v) is 3.38. The minimum absolute atomic E-state index is 0.116. The molecule has 3 atom stereocenters. The van der Waals surface area contributed by atoms with E-state index in [-0.39, 0.29) is 17.6 Å². The van der Waals surface area contributed by atoms with Gasteiger partial charge < -0.3 is 0 Å². The molecule has 1 heterocycles. The van der Waals surface area contributed by atoms with Crippen LogP contribution in [0.25, 0.3) is 0 Å². The van der Waals surface area contributed by atoms with Gasteiger partial charge in [-0.05, 0) is 18.6 Å².